The standard InChI is InChI=1S/C62H67FN12O7/c1-33(2)57(61(79)74-29-43(77)23-53(74)60(78)67-52(31-76)40-15-13-37(14-16-40)45-6-5-19-64-35(45)4)75-30-51(71-72-75)39-9-7-36(8-10-39)32-81-58-55(54-34(3)49(63)25-50-48(54)27-66-70-50)46(38-11-12-38)24-47-56(58)68-62(82-44-17-20-80-21-18-44)69-59(47)73-28-41-22-42(73)26-65-41/h5-10,13-16,19,24-25,27,30,33,38,41-44,52-53,57,65,76-77H,11-12,17-18,20-23,26,28-29,31-32H2,1-4H3,(H,66,70)(H,67,78)/t41-,42-,43+,52-,53-,57-/m0/s1. The maximum absolute atomic E-state index is 16.2. The number of ether oxygens (including phenoxy) is 3. The van der Waals surface area contributed by atoms with Gasteiger partial charge in [-0.1, -0.05) is 73.7 Å². The largest absolute Gasteiger partial charge is 0.486 e. The summed E-state index contributed by atoms with van der Waals surface area (Å²) in [6, 6.07) is 21.3. The topological polar surface area (TPSA) is 231 Å². The molecular weight excluding hydrogens is 1040 g/mol. The summed E-state index contributed by atoms with van der Waals surface area (Å²) in [5, 5.41) is 46.0. The van der Waals surface area contributed by atoms with Gasteiger partial charge in [-0.15, -0.1) is 5.10 Å². The van der Waals surface area contributed by atoms with Crippen LogP contribution in [0.15, 0.2) is 91.4 Å². The molecule has 82 heavy (non-hydrogen) atoms. The van der Waals surface area contributed by atoms with Crippen molar-refractivity contribution in [3.05, 3.63) is 125 Å². The molecule has 20 heteroatoms. The van der Waals surface area contributed by atoms with Crippen LogP contribution >= 0.6 is 0 Å². The van der Waals surface area contributed by atoms with E-state index in [-0.39, 0.29) is 67.9 Å². The predicted molar refractivity (Wildman–Crippen MR) is 305 cm³/mol. The van der Waals surface area contributed by atoms with Gasteiger partial charge in [-0.25, -0.2) is 9.07 Å². The monoisotopic (exact) mass is 1110 g/mol. The number of carbonyl (C=O) groups excluding carboxylic acids is 2. The molecule has 5 aliphatic rings. The Bertz CT molecular complexity index is 3690. The lowest BCUT2D eigenvalue weighted by molar-refractivity contribution is -0.142. The van der Waals surface area contributed by atoms with Crippen LogP contribution in [0.3, 0.4) is 0 Å². The van der Waals surface area contributed by atoms with Crippen LogP contribution in [0.2, 0.25) is 0 Å². The van der Waals surface area contributed by atoms with E-state index in [1.807, 2.05) is 88.4 Å². The Hall–Kier alpha value is -7.91. The lowest BCUT2D eigenvalue weighted by Crippen LogP contribution is -2.50. The fourth-order valence-corrected chi connectivity index (χ4v) is 12.7. The van der Waals surface area contributed by atoms with Crippen LogP contribution in [-0.2, 0) is 20.9 Å². The molecule has 5 N–H and O–H groups in total. The zero-order chi connectivity index (χ0) is 56.3. The minimum atomic E-state index is -0.984. The molecule has 5 fully saturated rings. The van der Waals surface area contributed by atoms with Gasteiger partial charge in [-0.05, 0) is 91.0 Å². The highest BCUT2D eigenvalue weighted by Crippen LogP contribution is 2.53. The molecule has 2 amide bonds. The van der Waals surface area contributed by atoms with E-state index in [9.17, 15) is 19.8 Å². The molecule has 1 saturated carbocycles. The lowest BCUT2D eigenvalue weighted by atomic mass is 9.88. The number of β-amino-alcohol motifs (C(OH)–C–C–N with tert-alkyl or cyclic N) is 1. The number of H-pyrrole nitrogens is 1. The summed E-state index contributed by atoms with van der Waals surface area (Å²) in [4.78, 5) is 47.4. The van der Waals surface area contributed by atoms with Crippen LogP contribution < -0.4 is 25.0 Å². The van der Waals surface area contributed by atoms with Crippen molar-refractivity contribution in [2.45, 2.75) is 121 Å². The molecule has 0 unspecified atom stereocenters. The van der Waals surface area contributed by atoms with Crippen LogP contribution in [0, 0.1) is 25.6 Å². The minimum Gasteiger partial charge on any atom is -0.486 e. The molecule has 4 saturated heterocycles. The Morgan fingerprint density at radius 1 is 0.939 bits per heavy atom. The number of carbonyl (C=O) groups is 2. The number of piperazine rings is 1. The van der Waals surface area contributed by atoms with E-state index in [0.717, 1.165) is 101 Å². The van der Waals surface area contributed by atoms with Gasteiger partial charge in [-0.3, -0.25) is 19.7 Å². The van der Waals surface area contributed by atoms with Gasteiger partial charge in [0.1, 0.15) is 47.6 Å². The van der Waals surface area contributed by atoms with E-state index in [2.05, 4.69) is 47.1 Å². The first-order chi connectivity index (χ1) is 39.9. The van der Waals surface area contributed by atoms with Crippen molar-refractivity contribution in [2.24, 2.45) is 5.92 Å². The van der Waals surface area contributed by atoms with Gasteiger partial charge in [-0.2, -0.15) is 15.1 Å². The molecule has 13 rings (SSSR count). The van der Waals surface area contributed by atoms with Gasteiger partial charge < -0.3 is 44.9 Å². The summed E-state index contributed by atoms with van der Waals surface area (Å²) in [5.74, 6) is 0.0737. The average Bonchev–Trinajstić information content (AvgIpc) is 4.17. The molecule has 0 spiro atoms. The smallest absolute Gasteiger partial charge is 0.319 e. The summed E-state index contributed by atoms with van der Waals surface area (Å²) in [6.07, 6.45) is 8.64. The van der Waals surface area contributed by atoms with Crippen molar-refractivity contribution in [3.63, 3.8) is 0 Å². The third-order valence-electron chi connectivity index (χ3n) is 17.2. The van der Waals surface area contributed by atoms with Crippen molar-refractivity contribution in [2.75, 3.05) is 44.4 Å². The SMILES string of the molecule is Cc1ncccc1-c1ccc([C@H](CO)NC(=O)[C@@H]2C[C@@H](O)CN2C(=O)[C@H](C(C)C)n2cc(-c3ccc(COc4c(-c5c(C)c(F)cc6[nH]ncc56)c(C5CC5)cc5c(N6C[C@@H]7C[C@H]6CN7)nc(OC6CCOCC6)nc45)cc3)nn2)cc1. The highest BCUT2D eigenvalue weighted by molar-refractivity contribution is 6.06. The number of aromatic nitrogens is 8. The minimum absolute atomic E-state index is 0.0394. The van der Waals surface area contributed by atoms with E-state index < -0.39 is 30.1 Å². The van der Waals surface area contributed by atoms with Crippen LogP contribution in [0.5, 0.6) is 11.8 Å². The number of fused-ring (bicyclic) bond motifs is 4. The molecule has 0 radical (unpaired) electrons. The van der Waals surface area contributed by atoms with Crippen molar-refractivity contribution >= 4 is 39.4 Å². The first-order valence-electron chi connectivity index (χ1n) is 28.7. The normalized spacial score (nSPS) is 20.8. The maximum atomic E-state index is 16.2. The number of rotatable bonds is 17. The van der Waals surface area contributed by atoms with Crippen LogP contribution in [-0.4, -0.2) is 137 Å². The number of anilines is 1. The number of aliphatic hydroxyl groups is 2. The number of aromatic amines is 1. The van der Waals surface area contributed by atoms with Crippen molar-refractivity contribution in [1.82, 2.24) is 55.7 Å². The number of hydrogen-bond acceptors (Lipinski definition) is 15. The molecule has 4 aromatic heterocycles. The zero-order valence-corrected chi connectivity index (χ0v) is 46.4. The van der Waals surface area contributed by atoms with Crippen LogP contribution in [0.25, 0.3) is 55.3 Å². The number of likely N-dealkylation sites (tertiary alicyclic amines) is 1. The molecule has 2 bridgehead atoms. The second-order valence-corrected chi connectivity index (χ2v) is 23.1. The average molecular weight is 1110 g/mol. The molecule has 8 aromatic rings. The van der Waals surface area contributed by atoms with E-state index in [1.54, 1.807) is 18.6 Å². The summed E-state index contributed by atoms with van der Waals surface area (Å²) < 4.78 is 37.2. The number of aliphatic hydroxyl groups excluding tert-OH is 2. The lowest BCUT2D eigenvalue weighted by Gasteiger charge is -2.31. The molecule has 4 aliphatic heterocycles. The Morgan fingerprint density at radius 3 is 2.45 bits per heavy atom. The van der Waals surface area contributed by atoms with E-state index in [1.165, 1.54) is 15.6 Å². The van der Waals surface area contributed by atoms with Crippen molar-refractivity contribution in [1.29, 1.82) is 0 Å². The fourth-order valence-electron chi connectivity index (χ4n) is 12.7. The summed E-state index contributed by atoms with van der Waals surface area (Å²) in [5.41, 5.74) is 9.85. The molecule has 4 aromatic carbocycles. The third kappa shape index (κ3) is 10.2. The Kier molecular flexibility index (Phi) is 14.4. The highest BCUT2D eigenvalue weighted by Gasteiger charge is 2.44. The zero-order valence-electron chi connectivity index (χ0n) is 46.4. The van der Waals surface area contributed by atoms with E-state index in [0.29, 0.717) is 58.4 Å². The van der Waals surface area contributed by atoms with Gasteiger partial charge in [0.2, 0.25) is 11.8 Å². The number of amides is 2. The quantitative estimate of drug-likeness (QED) is 0.0585. The third-order valence-corrected chi connectivity index (χ3v) is 17.2. The summed E-state index contributed by atoms with van der Waals surface area (Å²) in [7, 11) is 0. The second-order valence-electron chi connectivity index (χ2n) is 23.1. The maximum Gasteiger partial charge on any atom is 0.319 e. The number of hydrogen-bond donors (Lipinski definition) is 5. The molecule has 19 nitrogen and oxygen atoms in total. The number of nitrogens with one attached hydrogen (secondary N) is 3. The van der Waals surface area contributed by atoms with Crippen molar-refractivity contribution < 1.29 is 38.4 Å². The molecular formula is C62H67FN12O7. The molecule has 8 heterocycles. The number of nitrogens with zero attached hydrogens (tertiary/aromatic N) is 9. The van der Waals surface area contributed by atoms with Crippen molar-refractivity contribution in [3.8, 4) is 45.3 Å². The summed E-state index contributed by atoms with van der Waals surface area (Å²) in [6.45, 7) is 10.1. The molecule has 6 atom stereocenters. The van der Waals surface area contributed by atoms with E-state index >= 15 is 4.39 Å². The number of halogens is 1. The van der Waals surface area contributed by atoms with Crippen LogP contribution in [0.1, 0.15) is 98.3 Å². The number of pyridine rings is 1. The van der Waals surface area contributed by atoms with Gasteiger partial charge in [0.05, 0.1) is 49.9 Å². The number of aryl methyl sites for hydroxylation is 1. The predicted octanol–water partition coefficient (Wildman–Crippen LogP) is 7.82. The second kappa shape index (κ2) is 22.1. The van der Waals surface area contributed by atoms with Gasteiger partial charge >= 0.3 is 6.01 Å². The Labute approximate surface area is 473 Å². The molecule has 424 valence electrons. The summed E-state index contributed by atoms with van der Waals surface area (Å²) >= 11 is 0. The fraction of sp³-hybridized carbons (Fsp3) is 0.419. The van der Waals surface area contributed by atoms with Gasteiger partial charge in [0, 0.05) is 95.9 Å². The first-order valence-corrected chi connectivity index (χ1v) is 28.7. The van der Waals surface area contributed by atoms with Gasteiger partial charge in [0.15, 0.2) is 5.75 Å². The Morgan fingerprint density at radius 2 is 1.73 bits per heavy atom. The Balaban J connectivity index is 0.781. The molecule has 1 aliphatic carbocycles. The van der Waals surface area contributed by atoms with E-state index in [4.69, 9.17) is 24.2 Å². The number of benzene rings is 4. The van der Waals surface area contributed by atoms with Crippen LogP contribution in [0.4, 0.5) is 10.2 Å². The van der Waals surface area contributed by atoms with Gasteiger partial charge in [0.25, 0.3) is 0 Å². The highest BCUT2D eigenvalue weighted by atomic mass is 19.1. The first kappa shape index (κ1) is 53.4.